The average Bonchev–Trinajstić information content (AvgIpc) is 3.23. The van der Waals surface area contributed by atoms with Crippen LogP contribution in [0.4, 0.5) is 0 Å². The number of rotatable bonds is 6. The Balaban J connectivity index is 1.69. The lowest BCUT2D eigenvalue weighted by Crippen LogP contribution is -2.33. The van der Waals surface area contributed by atoms with E-state index < -0.39 is 0 Å². The van der Waals surface area contributed by atoms with Crippen molar-refractivity contribution >= 4 is 17.7 Å². The number of aryl methyl sites for hydroxylation is 1. The van der Waals surface area contributed by atoms with Crippen LogP contribution in [0.3, 0.4) is 0 Å². The van der Waals surface area contributed by atoms with Gasteiger partial charge in [-0.15, -0.1) is 10.2 Å². The van der Waals surface area contributed by atoms with Gasteiger partial charge < -0.3 is 14.5 Å². The Bertz CT molecular complexity index is 808. The molecule has 1 aliphatic carbocycles. The summed E-state index contributed by atoms with van der Waals surface area (Å²) in [5.74, 6) is 0.845. The van der Waals surface area contributed by atoms with Crippen LogP contribution in [-0.2, 0) is 18.4 Å². The maximum Gasteiger partial charge on any atom is 0.261 e. The Hall–Kier alpha value is -2.09. The molecular weight excluding hydrogens is 338 g/mol. The molecule has 1 N–H and O–H groups in total. The number of hydrogen-bond acceptors (Lipinski definition) is 5. The molecule has 2 aromatic heterocycles. The minimum atomic E-state index is -0.0870. The summed E-state index contributed by atoms with van der Waals surface area (Å²) in [4.78, 5) is 24.5. The molecule has 0 radical (unpaired) electrons. The Morgan fingerprint density at radius 1 is 1.36 bits per heavy atom. The van der Waals surface area contributed by atoms with E-state index in [0.29, 0.717) is 34.9 Å². The first-order chi connectivity index (χ1) is 12.1. The summed E-state index contributed by atoms with van der Waals surface area (Å²) in [7, 11) is 1.81. The smallest absolute Gasteiger partial charge is 0.261 e. The summed E-state index contributed by atoms with van der Waals surface area (Å²) < 4.78 is 3.40. The van der Waals surface area contributed by atoms with Crippen molar-refractivity contribution in [2.24, 2.45) is 7.05 Å². The van der Waals surface area contributed by atoms with Crippen LogP contribution in [0, 0.1) is 0 Å². The van der Waals surface area contributed by atoms with Crippen LogP contribution in [0.15, 0.2) is 28.3 Å². The fraction of sp³-hybridized carbons (Fsp3) is 0.529. The molecule has 8 heteroatoms. The van der Waals surface area contributed by atoms with Gasteiger partial charge in [-0.3, -0.25) is 9.59 Å². The van der Waals surface area contributed by atoms with E-state index in [1.807, 2.05) is 20.0 Å². The van der Waals surface area contributed by atoms with Gasteiger partial charge in [0, 0.05) is 25.8 Å². The highest BCUT2D eigenvalue weighted by Crippen LogP contribution is 2.21. The second kappa shape index (κ2) is 7.86. The van der Waals surface area contributed by atoms with E-state index in [2.05, 4.69) is 15.5 Å². The van der Waals surface area contributed by atoms with Crippen molar-refractivity contribution in [3.05, 3.63) is 28.7 Å². The predicted octanol–water partition coefficient (Wildman–Crippen LogP) is 1.81. The number of nitrogens with zero attached hydrogens (tertiary/aromatic N) is 4. The quantitative estimate of drug-likeness (QED) is 0.794. The van der Waals surface area contributed by atoms with Crippen LogP contribution in [0.25, 0.3) is 11.4 Å². The number of amides is 1. The number of thioether (sulfide) groups is 1. The molecule has 0 saturated heterocycles. The van der Waals surface area contributed by atoms with E-state index in [1.165, 1.54) is 24.6 Å². The van der Waals surface area contributed by atoms with E-state index in [0.717, 1.165) is 12.8 Å². The number of aromatic nitrogens is 4. The van der Waals surface area contributed by atoms with Crippen LogP contribution in [-0.4, -0.2) is 37.0 Å². The number of carbonyl (C=O) groups is 1. The standard InChI is InChI=1S/C17H23N5O2S/c1-3-22-10-6-9-13(16(22)24)15-19-20-17(21(15)2)25-11-14(23)18-12-7-4-5-8-12/h6,9-10,12H,3-5,7-8,11H2,1-2H3,(H,18,23). The Morgan fingerprint density at radius 3 is 2.84 bits per heavy atom. The van der Waals surface area contributed by atoms with Crippen LogP contribution in [0.5, 0.6) is 0 Å². The van der Waals surface area contributed by atoms with Gasteiger partial charge in [-0.1, -0.05) is 24.6 Å². The lowest BCUT2D eigenvalue weighted by Gasteiger charge is -2.11. The normalized spacial score (nSPS) is 14.8. The zero-order valence-corrected chi connectivity index (χ0v) is 15.4. The van der Waals surface area contributed by atoms with Gasteiger partial charge in [0.05, 0.1) is 11.3 Å². The van der Waals surface area contributed by atoms with Crippen LogP contribution >= 0.6 is 11.8 Å². The van der Waals surface area contributed by atoms with E-state index in [-0.39, 0.29) is 11.5 Å². The van der Waals surface area contributed by atoms with Crippen molar-refractivity contribution in [2.75, 3.05) is 5.75 Å². The van der Waals surface area contributed by atoms with Gasteiger partial charge in [-0.2, -0.15) is 0 Å². The van der Waals surface area contributed by atoms with Crippen molar-refractivity contribution in [3.63, 3.8) is 0 Å². The van der Waals surface area contributed by atoms with Gasteiger partial charge in [0.2, 0.25) is 5.91 Å². The Labute approximate surface area is 150 Å². The van der Waals surface area contributed by atoms with E-state index >= 15 is 0 Å². The van der Waals surface area contributed by atoms with E-state index in [4.69, 9.17) is 0 Å². The molecule has 2 heterocycles. The molecule has 1 saturated carbocycles. The summed E-state index contributed by atoms with van der Waals surface area (Å²) in [6.45, 7) is 2.53. The molecule has 134 valence electrons. The van der Waals surface area contributed by atoms with Gasteiger partial charge in [-0.05, 0) is 31.9 Å². The third-order valence-corrected chi connectivity index (χ3v) is 5.51. The third kappa shape index (κ3) is 3.95. The molecule has 2 aromatic rings. The first-order valence-corrected chi connectivity index (χ1v) is 9.60. The molecule has 0 unspecified atom stereocenters. The highest BCUT2D eigenvalue weighted by atomic mass is 32.2. The molecule has 0 aliphatic heterocycles. The second-order valence-electron chi connectivity index (χ2n) is 6.22. The zero-order valence-electron chi connectivity index (χ0n) is 14.6. The fourth-order valence-corrected chi connectivity index (χ4v) is 3.82. The van der Waals surface area contributed by atoms with Crippen molar-refractivity contribution in [1.29, 1.82) is 0 Å². The summed E-state index contributed by atoms with van der Waals surface area (Å²) in [5, 5.41) is 12.0. The molecule has 7 nitrogen and oxygen atoms in total. The van der Waals surface area contributed by atoms with Crippen LogP contribution in [0.2, 0.25) is 0 Å². The maximum atomic E-state index is 12.4. The molecule has 0 bridgehead atoms. The Morgan fingerprint density at radius 2 is 2.12 bits per heavy atom. The van der Waals surface area contributed by atoms with Gasteiger partial charge >= 0.3 is 0 Å². The summed E-state index contributed by atoms with van der Waals surface area (Å²) >= 11 is 1.34. The number of carbonyl (C=O) groups excluding carboxylic acids is 1. The molecule has 3 rings (SSSR count). The maximum absolute atomic E-state index is 12.4. The monoisotopic (exact) mass is 361 g/mol. The average molecular weight is 361 g/mol. The summed E-state index contributed by atoms with van der Waals surface area (Å²) in [5.41, 5.74) is 0.428. The highest BCUT2D eigenvalue weighted by molar-refractivity contribution is 7.99. The molecule has 1 fully saturated rings. The van der Waals surface area contributed by atoms with Gasteiger partial charge in [-0.25, -0.2) is 0 Å². The first-order valence-electron chi connectivity index (χ1n) is 8.61. The van der Waals surface area contributed by atoms with Crippen molar-refractivity contribution < 1.29 is 4.79 Å². The van der Waals surface area contributed by atoms with Gasteiger partial charge in [0.25, 0.3) is 5.56 Å². The van der Waals surface area contributed by atoms with Gasteiger partial charge in [0.15, 0.2) is 11.0 Å². The second-order valence-corrected chi connectivity index (χ2v) is 7.16. The molecule has 0 atom stereocenters. The number of hydrogen-bond donors (Lipinski definition) is 1. The van der Waals surface area contributed by atoms with Crippen molar-refractivity contribution in [2.45, 2.75) is 50.4 Å². The molecule has 0 aromatic carbocycles. The molecule has 1 amide bonds. The molecule has 0 spiro atoms. The van der Waals surface area contributed by atoms with E-state index in [1.54, 1.807) is 21.4 Å². The molecule has 1 aliphatic rings. The van der Waals surface area contributed by atoms with Gasteiger partial charge in [0.1, 0.15) is 0 Å². The Kier molecular flexibility index (Phi) is 5.57. The largest absolute Gasteiger partial charge is 0.353 e. The summed E-state index contributed by atoms with van der Waals surface area (Å²) in [6.07, 6.45) is 6.28. The minimum absolute atomic E-state index is 0.0227. The lowest BCUT2D eigenvalue weighted by atomic mass is 10.2. The number of pyridine rings is 1. The third-order valence-electron chi connectivity index (χ3n) is 4.49. The predicted molar refractivity (Wildman–Crippen MR) is 97.5 cm³/mol. The lowest BCUT2D eigenvalue weighted by molar-refractivity contribution is -0.119. The van der Waals surface area contributed by atoms with Crippen LogP contribution in [0.1, 0.15) is 32.6 Å². The van der Waals surface area contributed by atoms with Crippen molar-refractivity contribution in [1.82, 2.24) is 24.6 Å². The first kappa shape index (κ1) is 17.7. The van der Waals surface area contributed by atoms with Crippen molar-refractivity contribution in [3.8, 4) is 11.4 Å². The molecular formula is C17H23N5O2S. The van der Waals surface area contributed by atoms with Crippen LogP contribution < -0.4 is 10.9 Å². The van der Waals surface area contributed by atoms with E-state index in [9.17, 15) is 9.59 Å². The number of nitrogens with one attached hydrogen (secondary N) is 1. The highest BCUT2D eigenvalue weighted by Gasteiger charge is 2.19. The topological polar surface area (TPSA) is 81.8 Å². The minimum Gasteiger partial charge on any atom is -0.353 e. The zero-order chi connectivity index (χ0) is 17.8. The summed E-state index contributed by atoms with van der Waals surface area (Å²) in [6, 6.07) is 3.90. The molecule has 25 heavy (non-hydrogen) atoms. The SMILES string of the molecule is CCn1cccc(-c2nnc(SCC(=O)NC3CCCC3)n2C)c1=O. The fourth-order valence-electron chi connectivity index (χ4n) is 3.10.